The van der Waals surface area contributed by atoms with E-state index in [0.29, 0.717) is 29.5 Å². The van der Waals surface area contributed by atoms with E-state index in [4.69, 9.17) is 11.6 Å². The van der Waals surface area contributed by atoms with Gasteiger partial charge in [-0.2, -0.15) is 0 Å². The highest BCUT2D eigenvalue weighted by Gasteiger charge is 2.34. The third kappa shape index (κ3) is 5.79. The number of rotatable bonds is 8. The molecule has 0 aliphatic rings. The van der Waals surface area contributed by atoms with Crippen LogP contribution in [0.5, 0.6) is 0 Å². The minimum absolute atomic E-state index is 0.169. The summed E-state index contributed by atoms with van der Waals surface area (Å²) in [5, 5.41) is 14.6. The fourth-order valence-electron chi connectivity index (χ4n) is 4.94. The molecule has 39 heavy (non-hydrogen) atoms. The molecular formula is C31H33ClN6O. The lowest BCUT2D eigenvalue weighted by molar-refractivity contribution is 0.184. The van der Waals surface area contributed by atoms with E-state index in [0.717, 1.165) is 28.5 Å². The quantitative estimate of drug-likeness (QED) is 0.250. The van der Waals surface area contributed by atoms with Gasteiger partial charge in [-0.15, -0.1) is 5.10 Å². The molecule has 0 radical (unpaired) electrons. The van der Waals surface area contributed by atoms with E-state index in [-0.39, 0.29) is 5.56 Å². The Morgan fingerprint density at radius 3 is 2.41 bits per heavy atom. The number of hydrogen-bond acceptors (Lipinski definition) is 5. The number of benzene rings is 3. The van der Waals surface area contributed by atoms with Gasteiger partial charge in [0, 0.05) is 29.2 Å². The van der Waals surface area contributed by atoms with Gasteiger partial charge in [0.05, 0.1) is 5.54 Å². The zero-order chi connectivity index (χ0) is 27.6. The Balaban J connectivity index is 1.75. The van der Waals surface area contributed by atoms with Gasteiger partial charge in [0.2, 0.25) is 0 Å². The molecule has 5 rings (SSSR count). The van der Waals surface area contributed by atoms with Gasteiger partial charge in [0.25, 0.3) is 5.56 Å². The van der Waals surface area contributed by atoms with Crippen LogP contribution in [0.2, 0.25) is 5.02 Å². The number of fused-ring (bicyclic) bond motifs is 1. The first-order valence-corrected chi connectivity index (χ1v) is 13.6. The van der Waals surface area contributed by atoms with Crippen molar-refractivity contribution in [1.82, 2.24) is 30.1 Å². The molecule has 1 atom stereocenters. The van der Waals surface area contributed by atoms with E-state index >= 15 is 0 Å². The second-order valence-electron chi connectivity index (χ2n) is 10.8. The lowest BCUT2D eigenvalue weighted by atomic mass is 9.99. The third-order valence-electron chi connectivity index (χ3n) is 6.94. The summed E-state index contributed by atoms with van der Waals surface area (Å²) in [4.78, 5) is 19.1. The van der Waals surface area contributed by atoms with Gasteiger partial charge in [-0.25, -0.2) is 4.68 Å². The number of aromatic nitrogens is 5. The van der Waals surface area contributed by atoms with Crippen LogP contribution in [0.3, 0.4) is 0 Å². The highest BCUT2D eigenvalue weighted by atomic mass is 35.5. The van der Waals surface area contributed by atoms with Crippen molar-refractivity contribution >= 4 is 22.5 Å². The summed E-state index contributed by atoms with van der Waals surface area (Å²) in [6.07, 6.45) is 0.905. The fourth-order valence-corrected chi connectivity index (χ4v) is 5.13. The van der Waals surface area contributed by atoms with Crippen molar-refractivity contribution in [3.05, 3.63) is 122 Å². The molecule has 0 bridgehead atoms. The van der Waals surface area contributed by atoms with E-state index in [1.54, 1.807) is 0 Å². The molecule has 0 fully saturated rings. The van der Waals surface area contributed by atoms with Gasteiger partial charge < -0.3 is 4.98 Å². The van der Waals surface area contributed by atoms with Gasteiger partial charge >= 0.3 is 0 Å². The number of nitrogens with zero attached hydrogens (tertiary/aromatic N) is 5. The van der Waals surface area contributed by atoms with Crippen LogP contribution >= 0.6 is 11.6 Å². The summed E-state index contributed by atoms with van der Waals surface area (Å²) in [6.45, 7) is 9.33. The summed E-state index contributed by atoms with van der Waals surface area (Å²) >= 11 is 6.65. The highest BCUT2D eigenvalue weighted by Crippen LogP contribution is 2.33. The first-order valence-electron chi connectivity index (χ1n) is 13.2. The molecule has 1 N–H and O–H groups in total. The Morgan fingerprint density at radius 1 is 0.949 bits per heavy atom. The standard InChI is InChI=1S/C31H33ClN6O/c1-5-21-15-16-27-24(17-21)18-25(30(39)33-27)28(29-34-35-36-38(29)31(2,3)4)37(19-22-11-7-6-8-12-22)20-23-13-9-10-14-26(23)32/h6-18,28H,5,19-20H2,1-4H3,(H,33,39)/t28-/m0/s1. The lowest BCUT2D eigenvalue weighted by Gasteiger charge is -2.33. The van der Waals surface area contributed by atoms with Crippen LogP contribution in [0.15, 0.2) is 83.7 Å². The minimum Gasteiger partial charge on any atom is -0.322 e. The number of H-pyrrole nitrogens is 1. The monoisotopic (exact) mass is 540 g/mol. The molecule has 200 valence electrons. The number of nitrogens with one attached hydrogen (secondary N) is 1. The van der Waals surface area contributed by atoms with E-state index in [2.05, 4.69) is 77.4 Å². The minimum atomic E-state index is -0.547. The van der Waals surface area contributed by atoms with E-state index < -0.39 is 11.6 Å². The van der Waals surface area contributed by atoms with Crippen molar-refractivity contribution in [3.8, 4) is 0 Å². The maximum absolute atomic E-state index is 13.8. The predicted octanol–water partition coefficient (Wildman–Crippen LogP) is 6.28. The largest absolute Gasteiger partial charge is 0.322 e. The Hall–Kier alpha value is -3.81. The molecule has 2 aromatic heterocycles. The third-order valence-corrected chi connectivity index (χ3v) is 7.31. The SMILES string of the molecule is CCc1ccc2[nH]c(=O)c([C@@H](c3nnnn3C(C)(C)C)N(Cc3ccccc3)Cc3ccccc3Cl)cc2c1. The molecule has 0 aliphatic carbocycles. The van der Waals surface area contributed by atoms with Crippen molar-refractivity contribution in [2.24, 2.45) is 0 Å². The van der Waals surface area contributed by atoms with Crippen LogP contribution < -0.4 is 5.56 Å². The first-order chi connectivity index (χ1) is 18.7. The predicted molar refractivity (Wildman–Crippen MR) is 156 cm³/mol. The second-order valence-corrected chi connectivity index (χ2v) is 11.2. The van der Waals surface area contributed by atoms with Crippen LogP contribution in [0.4, 0.5) is 0 Å². The summed E-state index contributed by atoms with van der Waals surface area (Å²) in [5.41, 5.74) is 4.08. The molecule has 0 unspecified atom stereocenters. The average molecular weight is 541 g/mol. The Kier molecular flexibility index (Phi) is 7.64. The van der Waals surface area contributed by atoms with Crippen molar-refractivity contribution in [2.75, 3.05) is 0 Å². The molecule has 7 nitrogen and oxygen atoms in total. The van der Waals surface area contributed by atoms with E-state index in [9.17, 15) is 4.79 Å². The molecule has 2 heterocycles. The normalized spacial score (nSPS) is 12.8. The van der Waals surface area contributed by atoms with Crippen LogP contribution in [0.25, 0.3) is 10.9 Å². The Bertz CT molecular complexity index is 1640. The molecule has 3 aromatic carbocycles. The number of halogens is 1. The van der Waals surface area contributed by atoms with Crippen LogP contribution in [0, 0.1) is 0 Å². The number of aryl methyl sites for hydroxylation is 1. The molecule has 0 spiro atoms. The summed E-state index contributed by atoms with van der Waals surface area (Å²) in [6, 6.07) is 25.6. The molecular weight excluding hydrogens is 508 g/mol. The molecule has 0 saturated carbocycles. The lowest BCUT2D eigenvalue weighted by Crippen LogP contribution is -2.37. The van der Waals surface area contributed by atoms with Crippen molar-refractivity contribution in [1.29, 1.82) is 0 Å². The van der Waals surface area contributed by atoms with Gasteiger partial charge in [-0.1, -0.05) is 73.1 Å². The van der Waals surface area contributed by atoms with Gasteiger partial charge in [0.15, 0.2) is 5.82 Å². The smallest absolute Gasteiger partial charge is 0.253 e. The summed E-state index contributed by atoms with van der Waals surface area (Å²) in [7, 11) is 0. The van der Waals surface area contributed by atoms with Gasteiger partial charge in [-0.3, -0.25) is 9.69 Å². The van der Waals surface area contributed by atoms with Crippen LogP contribution in [-0.2, 0) is 25.0 Å². The highest BCUT2D eigenvalue weighted by molar-refractivity contribution is 6.31. The number of hydrogen-bond donors (Lipinski definition) is 1. The molecule has 0 saturated heterocycles. The maximum Gasteiger partial charge on any atom is 0.253 e. The van der Waals surface area contributed by atoms with Crippen LogP contribution in [-0.4, -0.2) is 30.1 Å². The van der Waals surface area contributed by atoms with Crippen molar-refractivity contribution in [3.63, 3.8) is 0 Å². The Morgan fingerprint density at radius 2 is 1.69 bits per heavy atom. The maximum atomic E-state index is 13.8. The average Bonchev–Trinajstić information content (AvgIpc) is 3.41. The molecule has 0 amide bonds. The molecule has 0 aliphatic heterocycles. The summed E-state index contributed by atoms with van der Waals surface area (Å²) < 4.78 is 1.81. The number of pyridine rings is 1. The van der Waals surface area contributed by atoms with Crippen molar-refractivity contribution < 1.29 is 0 Å². The number of tetrazole rings is 1. The Labute approximate surface area is 233 Å². The topological polar surface area (TPSA) is 79.7 Å². The molecule has 8 heteroatoms. The number of aromatic amines is 1. The van der Waals surface area contributed by atoms with Crippen molar-refractivity contribution in [2.45, 2.75) is 58.8 Å². The molecule has 5 aromatic rings. The van der Waals surface area contributed by atoms with Gasteiger partial charge in [-0.05, 0) is 84.0 Å². The summed E-state index contributed by atoms with van der Waals surface area (Å²) in [5.74, 6) is 0.599. The van der Waals surface area contributed by atoms with E-state index in [1.165, 1.54) is 5.56 Å². The zero-order valence-electron chi connectivity index (χ0n) is 22.7. The first kappa shape index (κ1) is 26.8. The van der Waals surface area contributed by atoms with E-state index in [1.807, 2.05) is 59.3 Å². The fraction of sp³-hybridized carbons (Fsp3) is 0.290. The second kappa shape index (κ2) is 11.1. The zero-order valence-corrected chi connectivity index (χ0v) is 23.5. The van der Waals surface area contributed by atoms with Gasteiger partial charge in [0.1, 0.15) is 6.04 Å². The van der Waals surface area contributed by atoms with Crippen LogP contribution in [0.1, 0.15) is 61.8 Å².